The second kappa shape index (κ2) is 10.6. The zero-order chi connectivity index (χ0) is 28.8. The van der Waals surface area contributed by atoms with E-state index < -0.39 is 34.6 Å². The molecule has 0 aromatic heterocycles. The minimum Gasteiger partial charge on any atom is -0.426 e. The first-order valence-corrected chi connectivity index (χ1v) is 14.4. The molecule has 3 fully saturated rings. The highest BCUT2D eigenvalue weighted by Gasteiger charge is 2.60. The minimum atomic E-state index is -5.75. The van der Waals surface area contributed by atoms with E-state index in [1.165, 1.54) is 10.6 Å². The van der Waals surface area contributed by atoms with Crippen molar-refractivity contribution in [3.8, 4) is 0 Å². The summed E-state index contributed by atoms with van der Waals surface area (Å²) in [6.07, 6.45) is -14.4. The van der Waals surface area contributed by atoms with Crippen LogP contribution in [-0.2, 0) is 21.3 Å². The van der Waals surface area contributed by atoms with Gasteiger partial charge in [-0.3, -0.25) is 4.90 Å². The molecule has 1 aromatic carbocycles. The maximum absolute atomic E-state index is 12.7. The highest BCUT2D eigenvalue weighted by atomic mass is 32.2. The Morgan fingerprint density at radius 2 is 1.54 bits per heavy atom. The molecular weight excluding hydrogens is 554 g/mol. The van der Waals surface area contributed by atoms with Crippen molar-refractivity contribution in [1.29, 1.82) is 0 Å². The number of benzene rings is 1. The third-order valence-electron chi connectivity index (χ3n) is 7.74. The Morgan fingerprint density at radius 1 is 0.974 bits per heavy atom. The van der Waals surface area contributed by atoms with Gasteiger partial charge < -0.3 is 14.5 Å². The molecule has 3 heterocycles. The summed E-state index contributed by atoms with van der Waals surface area (Å²) in [6, 6.07) is 6.06. The summed E-state index contributed by atoms with van der Waals surface area (Å²) in [5, 5.41) is 0. The van der Waals surface area contributed by atoms with Crippen LogP contribution >= 0.6 is 0 Å². The number of nitrogens with zero attached hydrogens (tertiary/aromatic N) is 4. The van der Waals surface area contributed by atoms with Crippen molar-refractivity contribution in [2.75, 3.05) is 63.5 Å². The number of aryl methyl sites for hydroxylation is 1. The number of halogens is 6. The third kappa shape index (κ3) is 6.91. The molecule has 0 atom stereocenters. The van der Waals surface area contributed by atoms with Gasteiger partial charge in [0.25, 0.3) is 6.10 Å². The zero-order valence-electron chi connectivity index (χ0n) is 21.7. The molecule has 8 nitrogen and oxygen atoms in total. The number of hydrogen-bond acceptors (Lipinski definition) is 6. The van der Waals surface area contributed by atoms with E-state index in [-0.39, 0.29) is 31.6 Å². The SMILES string of the molecule is Cc1ccc(CN2CCN(C(=O)OC(C(F)(F)F)C(F)(F)F)CC2)c(N2CCC3(CC2)CN(S(C)(=O)=O)C3)c1. The molecule has 3 aliphatic heterocycles. The Morgan fingerprint density at radius 3 is 2.05 bits per heavy atom. The van der Waals surface area contributed by atoms with Crippen molar-refractivity contribution in [2.24, 2.45) is 5.41 Å². The molecule has 0 N–H and O–H groups in total. The van der Waals surface area contributed by atoms with Crippen molar-refractivity contribution >= 4 is 21.8 Å². The average molecular weight is 587 g/mol. The lowest BCUT2D eigenvalue weighted by atomic mass is 9.73. The first-order chi connectivity index (χ1) is 18.0. The Labute approximate surface area is 223 Å². The second-order valence-electron chi connectivity index (χ2n) is 10.8. The van der Waals surface area contributed by atoms with Gasteiger partial charge in [-0.25, -0.2) is 17.5 Å². The van der Waals surface area contributed by atoms with Crippen LogP contribution in [0, 0.1) is 12.3 Å². The van der Waals surface area contributed by atoms with Gasteiger partial charge in [-0.05, 0) is 37.0 Å². The van der Waals surface area contributed by atoms with Crippen LogP contribution in [0.5, 0.6) is 0 Å². The van der Waals surface area contributed by atoms with Crippen molar-refractivity contribution in [3.05, 3.63) is 29.3 Å². The van der Waals surface area contributed by atoms with Crippen LogP contribution in [-0.4, -0.2) is 106 Å². The van der Waals surface area contributed by atoms with Crippen molar-refractivity contribution in [3.63, 3.8) is 0 Å². The molecule has 39 heavy (non-hydrogen) atoms. The molecule has 220 valence electrons. The quantitative estimate of drug-likeness (QED) is 0.491. The van der Waals surface area contributed by atoms with E-state index in [1.54, 1.807) is 0 Å². The number of carbonyl (C=O) groups is 1. The van der Waals surface area contributed by atoms with E-state index >= 15 is 0 Å². The van der Waals surface area contributed by atoms with Gasteiger partial charge in [0.15, 0.2) is 0 Å². The van der Waals surface area contributed by atoms with Crippen LogP contribution in [0.3, 0.4) is 0 Å². The van der Waals surface area contributed by atoms with Gasteiger partial charge in [0, 0.05) is 70.0 Å². The molecule has 1 aromatic rings. The number of hydrogen-bond donors (Lipinski definition) is 0. The van der Waals surface area contributed by atoms with Crippen LogP contribution in [0.25, 0.3) is 0 Å². The Bertz CT molecular complexity index is 1140. The number of amides is 1. The monoisotopic (exact) mass is 586 g/mol. The molecule has 4 rings (SSSR count). The lowest BCUT2D eigenvalue weighted by molar-refractivity contribution is -0.308. The number of rotatable bonds is 5. The fourth-order valence-corrected chi connectivity index (χ4v) is 6.42. The largest absolute Gasteiger partial charge is 0.434 e. The van der Waals surface area contributed by atoms with Crippen LogP contribution in [0.2, 0.25) is 0 Å². The average Bonchev–Trinajstić information content (AvgIpc) is 2.80. The lowest BCUT2D eigenvalue weighted by Gasteiger charge is -2.53. The second-order valence-corrected chi connectivity index (χ2v) is 12.7. The van der Waals surface area contributed by atoms with Gasteiger partial charge >= 0.3 is 18.4 Å². The number of sulfonamides is 1. The standard InChI is InChI=1S/C24H32F6N4O4S/c1-17-3-4-18(19(13-17)32-7-5-22(6-8-32)15-34(16-22)39(2,36)37)14-31-9-11-33(12-10-31)21(35)38-20(23(25,26)27)24(28,29)30/h3-4,13,20H,5-12,14-16H2,1-2H3. The van der Waals surface area contributed by atoms with Gasteiger partial charge in [0.05, 0.1) is 6.26 Å². The van der Waals surface area contributed by atoms with Gasteiger partial charge in [-0.2, -0.15) is 26.3 Å². The normalized spacial score (nSPS) is 21.4. The number of piperazine rings is 1. The zero-order valence-corrected chi connectivity index (χ0v) is 22.5. The van der Waals surface area contributed by atoms with Gasteiger partial charge in [0.2, 0.25) is 10.0 Å². The molecule has 3 aliphatic rings. The first-order valence-electron chi connectivity index (χ1n) is 12.6. The van der Waals surface area contributed by atoms with E-state index in [1.807, 2.05) is 24.0 Å². The van der Waals surface area contributed by atoms with Crippen molar-refractivity contribution < 1.29 is 44.3 Å². The van der Waals surface area contributed by atoms with Crippen LogP contribution in [0.4, 0.5) is 36.8 Å². The van der Waals surface area contributed by atoms with E-state index in [9.17, 15) is 39.6 Å². The lowest BCUT2D eigenvalue weighted by Crippen LogP contribution is -2.61. The summed E-state index contributed by atoms with van der Waals surface area (Å²) >= 11 is 0. The summed E-state index contributed by atoms with van der Waals surface area (Å²) in [6.45, 7) is 5.49. The molecular formula is C24H32F6N4O4S. The van der Waals surface area contributed by atoms with Gasteiger partial charge in [-0.1, -0.05) is 12.1 Å². The number of alkyl halides is 6. The third-order valence-corrected chi connectivity index (χ3v) is 8.93. The van der Waals surface area contributed by atoms with Crippen LogP contribution < -0.4 is 4.90 Å². The number of carbonyl (C=O) groups excluding carboxylic acids is 1. The molecule has 0 unspecified atom stereocenters. The molecule has 0 saturated carbocycles. The van der Waals surface area contributed by atoms with Crippen molar-refractivity contribution in [1.82, 2.24) is 14.1 Å². The summed E-state index contributed by atoms with van der Waals surface area (Å²) < 4.78 is 105. The van der Waals surface area contributed by atoms with Crippen LogP contribution in [0.1, 0.15) is 24.0 Å². The van der Waals surface area contributed by atoms with Gasteiger partial charge in [-0.15, -0.1) is 0 Å². The van der Waals surface area contributed by atoms with E-state index in [0.717, 1.165) is 47.6 Å². The van der Waals surface area contributed by atoms with Crippen molar-refractivity contribution in [2.45, 2.75) is 44.8 Å². The fourth-order valence-electron chi connectivity index (χ4n) is 5.40. The Hall–Kier alpha value is -2.26. The predicted octanol–water partition coefficient (Wildman–Crippen LogP) is 3.60. The minimum absolute atomic E-state index is 0.00570. The number of piperidine rings is 1. The predicted molar refractivity (Wildman–Crippen MR) is 131 cm³/mol. The van der Waals surface area contributed by atoms with E-state index in [4.69, 9.17) is 0 Å². The summed E-state index contributed by atoms with van der Waals surface area (Å²) in [5.41, 5.74) is 3.14. The summed E-state index contributed by atoms with van der Waals surface area (Å²) in [5.74, 6) is 0. The number of anilines is 1. The molecule has 1 amide bonds. The summed E-state index contributed by atoms with van der Waals surface area (Å²) in [7, 11) is -3.18. The van der Waals surface area contributed by atoms with Gasteiger partial charge in [0.1, 0.15) is 0 Å². The topological polar surface area (TPSA) is 73.4 Å². The maximum Gasteiger partial charge on any atom is 0.434 e. The first kappa shape index (κ1) is 29.7. The Kier molecular flexibility index (Phi) is 8.09. The molecule has 0 aliphatic carbocycles. The van der Waals surface area contributed by atoms with E-state index in [2.05, 4.69) is 15.7 Å². The molecule has 15 heteroatoms. The summed E-state index contributed by atoms with van der Waals surface area (Å²) in [4.78, 5) is 17.2. The van der Waals surface area contributed by atoms with Crippen LogP contribution in [0.15, 0.2) is 18.2 Å². The molecule has 1 spiro atoms. The highest BCUT2D eigenvalue weighted by molar-refractivity contribution is 7.88. The smallest absolute Gasteiger partial charge is 0.426 e. The molecule has 0 radical (unpaired) electrons. The van der Waals surface area contributed by atoms with E-state index in [0.29, 0.717) is 19.6 Å². The Balaban J connectivity index is 1.33. The maximum atomic E-state index is 12.7. The number of ether oxygens (including phenoxy) is 1. The highest BCUT2D eigenvalue weighted by Crippen LogP contribution is 2.43. The molecule has 0 bridgehead atoms. The molecule has 3 saturated heterocycles. The fraction of sp³-hybridized carbons (Fsp3) is 0.708.